The normalized spacial score (nSPS) is 12.9. The SMILES string of the molecule is CCOC(=O)CCN(C(C=O)C(=O)OCC)C(C)(C)CC. The van der Waals surface area contributed by atoms with Crippen LogP contribution in [0.5, 0.6) is 0 Å². The molecule has 6 heteroatoms. The third-order valence-electron chi connectivity index (χ3n) is 3.50. The van der Waals surface area contributed by atoms with Crippen LogP contribution in [0.4, 0.5) is 0 Å². The van der Waals surface area contributed by atoms with Gasteiger partial charge in [-0.05, 0) is 34.1 Å². The molecule has 0 rings (SSSR count). The Kier molecular flexibility index (Phi) is 8.85. The molecule has 0 aliphatic heterocycles. The van der Waals surface area contributed by atoms with E-state index in [-0.39, 0.29) is 25.5 Å². The molecule has 0 amide bonds. The van der Waals surface area contributed by atoms with Crippen molar-refractivity contribution in [3.05, 3.63) is 0 Å². The van der Waals surface area contributed by atoms with Crippen molar-refractivity contribution in [3.63, 3.8) is 0 Å². The van der Waals surface area contributed by atoms with Crippen molar-refractivity contribution in [2.24, 2.45) is 0 Å². The van der Waals surface area contributed by atoms with Crippen molar-refractivity contribution >= 4 is 18.2 Å². The van der Waals surface area contributed by atoms with Crippen molar-refractivity contribution in [1.82, 2.24) is 4.90 Å². The predicted molar refractivity (Wildman–Crippen MR) is 78.8 cm³/mol. The summed E-state index contributed by atoms with van der Waals surface area (Å²) < 4.78 is 9.83. The molecule has 0 aliphatic rings. The Morgan fingerprint density at radius 2 is 1.71 bits per heavy atom. The lowest BCUT2D eigenvalue weighted by molar-refractivity contribution is -0.155. The summed E-state index contributed by atoms with van der Waals surface area (Å²) in [4.78, 5) is 36.5. The van der Waals surface area contributed by atoms with Crippen LogP contribution in [0.25, 0.3) is 0 Å². The number of aldehydes is 1. The second-order valence-corrected chi connectivity index (χ2v) is 5.25. The van der Waals surface area contributed by atoms with Gasteiger partial charge in [-0.3, -0.25) is 9.69 Å². The Labute approximate surface area is 126 Å². The summed E-state index contributed by atoms with van der Waals surface area (Å²) in [5.41, 5.74) is -0.412. The number of carbonyl (C=O) groups excluding carboxylic acids is 3. The lowest BCUT2D eigenvalue weighted by Gasteiger charge is -2.40. The average molecular weight is 301 g/mol. The van der Waals surface area contributed by atoms with Crippen molar-refractivity contribution in [3.8, 4) is 0 Å². The van der Waals surface area contributed by atoms with Gasteiger partial charge in [0.25, 0.3) is 0 Å². The Morgan fingerprint density at radius 3 is 2.14 bits per heavy atom. The summed E-state index contributed by atoms with van der Waals surface area (Å²) >= 11 is 0. The predicted octanol–water partition coefficient (Wildman–Crippen LogP) is 1.56. The smallest absolute Gasteiger partial charge is 0.330 e. The van der Waals surface area contributed by atoms with Crippen LogP contribution >= 0.6 is 0 Å². The molecule has 1 atom stereocenters. The van der Waals surface area contributed by atoms with E-state index in [1.54, 1.807) is 18.7 Å². The molecule has 0 fully saturated rings. The molecule has 0 heterocycles. The Bertz CT molecular complexity index is 354. The number of ether oxygens (including phenoxy) is 2. The molecule has 0 aromatic heterocycles. The van der Waals surface area contributed by atoms with Crippen LogP contribution in [0.2, 0.25) is 0 Å². The van der Waals surface area contributed by atoms with Gasteiger partial charge in [0.05, 0.1) is 19.6 Å². The molecule has 1 unspecified atom stereocenters. The molecule has 0 aromatic rings. The van der Waals surface area contributed by atoms with E-state index in [1.807, 2.05) is 20.8 Å². The topological polar surface area (TPSA) is 72.9 Å². The zero-order chi connectivity index (χ0) is 16.5. The first-order valence-corrected chi connectivity index (χ1v) is 7.38. The van der Waals surface area contributed by atoms with E-state index < -0.39 is 17.6 Å². The highest BCUT2D eigenvalue weighted by molar-refractivity contribution is 5.92. The van der Waals surface area contributed by atoms with Gasteiger partial charge >= 0.3 is 11.9 Å². The average Bonchev–Trinajstić information content (AvgIpc) is 2.43. The van der Waals surface area contributed by atoms with Crippen molar-refractivity contribution in [2.45, 2.75) is 59.0 Å². The lowest BCUT2D eigenvalue weighted by Crippen LogP contribution is -2.54. The molecule has 6 nitrogen and oxygen atoms in total. The molecule has 21 heavy (non-hydrogen) atoms. The first kappa shape index (κ1) is 19.6. The van der Waals surface area contributed by atoms with Gasteiger partial charge in [-0.25, -0.2) is 4.79 Å². The molecule has 0 aliphatic carbocycles. The third-order valence-corrected chi connectivity index (χ3v) is 3.50. The van der Waals surface area contributed by atoms with Crippen molar-refractivity contribution in [2.75, 3.05) is 19.8 Å². The second-order valence-electron chi connectivity index (χ2n) is 5.25. The summed E-state index contributed by atoms with van der Waals surface area (Å²) in [6, 6.07) is -1.01. The molecule has 0 radical (unpaired) electrons. The minimum absolute atomic E-state index is 0.126. The molecule has 0 N–H and O–H groups in total. The summed E-state index contributed by atoms with van der Waals surface area (Å²) in [6.07, 6.45) is 1.42. The van der Waals surface area contributed by atoms with Gasteiger partial charge in [0.1, 0.15) is 6.29 Å². The molecule has 0 aromatic carbocycles. The Morgan fingerprint density at radius 1 is 1.14 bits per heavy atom. The van der Waals surface area contributed by atoms with E-state index in [9.17, 15) is 14.4 Å². The largest absolute Gasteiger partial charge is 0.466 e. The number of hydrogen-bond acceptors (Lipinski definition) is 6. The first-order valence-electron chi connectivity index (χ1n) is 7.38. The van der Waals surface area contributed by atoms with Crippen LogP contribution in [0.3, 0.4) is 0 Å². The van der Waals surface area contributed by atoms with Gasteiger partial charge in [-0.2, -0.15) is 0 Å². The maximum atomic E-state index is 11.9. The van der Waals surface area contributed by atoms with Crippen molar-refractivity contribution < 1.29 is 23.9 Å². The zero-order valence-corrected chi connectivity index (χ0v) is 13.7. The molecule has 0 saturated carbocycles. The number of rotatable bonds is 10. The number of esters is 2. The van der Waals surface area contributed by atoms with Crippen LogP contribution in [0.1, 0.15) is 47.5 Å². The van der Waals surface area contributed by atoms with E-state index >= 15 is 0 Å². The lowest BCUT2D eigenvalue weighted by atomic mass is 9.96. The van der Waals surface area contributed by atoms with E-state index in [2.05, 4.69) is 0 Å². The third kappa shape index (κ3) is 6.25. The van der Waals surface area contributed by atoms with Crippen LogP contribution in [0, 0.1) is 0 Å². The first-order chi connectivity index (χ1) is 9.83. The molecule has 0 spiro atoms. The van der Waals surface area contributed by atoms with Gasteiger partial charge in [-0.1, -0.05) is 6.92 Å². The van der Waals surface area contributed by atoms with Gasteiger partial charge in [0.15, 0.2) is 6.04 Å². The summed E-state index contributed by atoms with van der Waals surface area (Å²) in [7, 11) is 0. The zero-order valence-electron chi connectivity index (χ0n) is 13.7. The molecule has 0 saturated heterocycles. The fraction of sp³-hybridized carbons (Fsp3) is 0.800. The highest BCUT2D eigenvalue weighted by atomic mass is 16.5. The molecule has 0 bridgehead atoms. The minimum Gasteiger partial charge on any atom is -0.466 e. The summed E-state index contributed by atoms with van der Waals surface area (Å²) in [6.45, 7) is 10.0. The standard InChI is InChI=1S/C15H27NO5/c1-6-15(4,5)16(10-9-13(18)20-7-2)12(11-17)14(19)21-8-3/h11-12H,6-10H2,1-5H3. The molecule has 122 valence electrons. The Balaban J connectivity index is 5.07. The van der Waals surface area contributed by atoms with Crippen LogP contribution < -0.4 is 0 Å². The monoisotopic (exact) mass is 301 g/mol. The van der Waals surface area contributed by atoms with Crippen LogP contribution in [-0.2, 0) is 23.9 Å². The van der Waals surface area contributed by atoms with Crippen LogP contribution in [0.15, 0.2) is 0 Å². The highest BCUT2D eigenvalue weighted by Crippen LogP contribution is 2.22. The number of carbonyl (C=O) groups is 3. The summed E-state index contributed by atoms with van der Waals surface area (Å²) in [5.74, 6) is -0.930. The minimum atomic E-state index is -1.01. The van der Waals surface area contributed by atoms with Gasteiger partial charge in [-0.15, -0.1) is 0 Å². The molecular formula is C15H27NO5. The fourth-order valence-corrected chi connectivity index (χ4v) is 1.95. The quantitative estimate of drug-likeness (QED) is 0.346. The highest BCUT2D eigenvalue weighted by Gasteiger charge is 2.36. The van der Waals surface area contributed by atoms with E-state index in [4.69, 9.17) is 9.47 Å². The number of hydrogen-bond donors (Lipinski definition) is 0. The van der Waals surface area contributed by atoms with E-state index in [0.29, 0.717) is 12.9 Å². The second kappa shape index (κ2) is 9.50. The Hall–Kier alpha value is -1.43. The maximum absolute atomic E-state index is 11.9. The van der Waals surface area contributed by atoms with Gasteiger partial charge in [0, 0.05) is 12.1 Å². The number of nitrogens with zero attached hydrogens (tertiary/aromatic N) is 1. The van der Waals surface area contributed by atoms with Gasteiger partial charge in [0.2, 0.25) is 0 Å². The summed E-state index contributed by atoms with van der Waals surface area (Å²) in [5, 5.41) is 0. The maximum Gasteiger partial charge on any atom is 0.330 e. The van der Waals surface area contributed by atoms with E-state index in [0.717, 1.165) is 6.42 Å². The van der Waals surface area contributed by atoms with Crippen molar-refractivity contribution in [1.29, 1.82) is 0 Å². The van der Waals surface area contributed by atoms with Gasteiger partial charge < -0.3 is 14.3 Å². The van der Waals surface area contributed by atoms with Crippen LogP contribution in [-0.4, -0.2) is 54.5 Å². The molecular weight excluding hydrogens is 274 g/mol. The fourth-order valence-electron chi connectivity index (χ4n) is 1.95. The van der Waals surface area contributed by atoms with E-state index in [1.165, 1.54) is 0 Å².